The van der Waals surface area contributed by atoms with Gasteiger partial charge in [-0.2, -0.15) is 4.72 Å². The smallest absolute Gasteiger partial charge is 0.244 e. The summed E-state index contributed by atoms with van der Waals surface area (Å²) in [5.74, 6) is -1.07. The Labute approximate surface area is 138 Å². The van der Waals surface area contributed by atoms with E-state index in [2.05, 4.69) is 41.9 Å². The van der Waals surface area contributed by atoms with Gasteiger partial charge in [0.1, 0.15) is 10.9 Å². The van der Waals surface area contributed by atoms with Gasteiger partial charge in [0.25, 0.3) is 0 Å². The number of amides is 2. The van der Waals surface area contributed by atoms with Crippen LogP contribution < -0.4 is 15.8 Å². The van der Waals surface area contributed by atoms with E-state index in [1.54, 1.807) is 0 Å². The molecule has 114 valence electrons. The normalized spacial score (nSPS) is 19.4. The largest absolute Gasteiger partial charge is 0.399 e. The highest BCUT2D eigenvalue weighted by atomic mass is 79.9. The Bertz CT molecular complexity index is 697. The van der Waals surface area contributed by atoms with E-state index in [9.17, 15) is 18.0 Å². The van der Waals surface area contributed by atoms with Crippen molar-refractivity contribution in [1.29, 1.82) is 0 Å². The average Bonchev–Trinajstić information content (AvgIpc) is 2.30. The number of carbonyl (C=O) groups is 2. The van der Waals surface area contributed by atoms with E-state index < -0.39 is 27.9 Å². The van der Waals surface area contributed by atoms with Gasteiger partial charge in [-0.3, -0.25) is 14.9 Å². The number of nitrogens with two attached hydrogens (primary N) is 1. The molecular weight excluding hydrogens is 430 g/mol. The predicted molar refractivity (Wildman–Crippen MR) is 82.7 cm³/mol. The van der Waals surface area contributed by atoms with Crippen molar-refractivity contribution in [2.45, 2.75) is 23.8 Å². The van der Waals surface area contributed by atoms with E-state index in [1.165, 1.54) is 12.1 Å². The summed E-state index contributed by atoms with van der Waals surface area (Å²) >= 11 is 6.28. The van der Waals surface area contributed by atoms with Gasteiger partial charge in [0.15, 0.2) is 0 Å². The maximum Gasteiger partial charge on any atom is 0.244 e. The number of hydrogen-bond acceptors (Lipinski definition) is 5. The number of piperidine rings is 1. The molecule has 7 nitrogen and oxygen atoms in total. The van der Waals surface area contributed by atoms with Crippen LogP contribution in [0.5, 0.6) is 0 Å². The quantitative estimate of drug-likeness (QED) is 0.476. The van der Waals surface area contributed by atoms with Crippen molar-refractivity contribution in [3.05, 3.63) is 21.1 Å². The van der Waals surface area contributed by atoms with Crippen LogP contribution in [0.1, 0.15) is 12.8 Å². The highest BCUT2D eigenvalue weighted by molar-refractivity contribution is 9.11. The number of carbonyl (C=O) groups excluding carboxylic acids is 2. The molecule has 2 rings (SSSR count). The first-order chi connectivity index (χ1) is 9.70. The topological polar surface area (TPSA) is 118 Å². The molecule has 1 aliphatic heterocycles. The minimum atomic E-state index is -3.96. The summed E-state index contributed by atoms with van der Waals surface area (Å²) in [5.41, 5.74) is 6.00. The van der Waals surface area contributed by atoms with Crippen LogP contribution in [0.15, 0.2) is 26.0 Å². The lowest BCUT2D eigenvalue weighted by molar-refractivity contribution is -0.134. The Kier molecular flexibility index (Phi) is 4.71. The lowest BCUT2D eigenvalue weighted by Crippen LogP contribution is -2.52. The van der Waals surface area contributed by atoms with Gasteiger partial charge in [0.05, 0.1) is 0 Å². The monoisotopic (exact) mass is 439 g/mol. The van der Waals surface area contributed by atoms with Gasteiger partial charge in [-0.25, -0.2) is 8.42 Å². The number of nitrogens with one attached hydrogen (secondary N) is 2. The molecule has 4 N–H and O–H groups in total. The van der Waals surface area contributed by atoms with Crippen LogP contribution in [0.4, 0.5) is 5.69 Å². The fourth-order valence-electron chi connectivity index (χ4n) is 1.89. The molecule has 0 spiro atoms. The Hall–Kier alpha value is -0.970. The molecule has 0 aliphatic carbocycles. The number of halogens is 2. The fraction of sp³-hybridized carbons (Fsp3) is 0.273. The third kappa shape index (κ3) is 3.62. The van der Waals surface area contributed by atoms with Crippen molar-refractivity contribution in [3.63, 3.8) is 0 Å². The van der Waals surface area contributed by atoms with Crippen molar-refractivity contribution >= 4 is 59.4 Å². The first-order valence-corrected chi connectivity index (χ1v) is 8.88. The minimum Gasteiger partial charge on any atom is -0.399 e. The molecule has 2 amide bonds. The molecule has 1 aromatic rings. The van der Waals surface area contributed by atoms with E-state index in [-0.39, 0.29) is 26.7 Å². The van der Waals surface area contributed by atoms with E-state index in [0.29, 0.717) is 5.69 Å². The zero-order valence-corrected chi connectivity index (χ0v) is 14.5. The van der Waals surface area contributed by atoms with Crippen molar-refractivity contribution < 1.29 is 18.0 Å². The molecule has 0 aromatic heterocycles. The van der Waals surface area contributed by atoms with E-state index in [1.807, 2.05) is 0 Å². The number of nitrogen functional groups attached to an aromatic ring is 1. The van der Waals surface area contributed by atoms with Gasteiger partial charge in [0, 0.05) is 21.1 Å². The Morgan fingerprint density at radius 3 is 2.33 bits per heavy atom. The SMILES string of the molecule is Nc1cc(Br)c(S(=O)(=O)NC2CCC(=O)NC2=O)c(Br)c1. The van der Waals surface area contributed by atoms with Crippen LogP contribution in [0, 0.1) is 0 Å². The van der Waals surface area contributed by atoms with Gasteiger partial charge in [-0.15, -0.1) is 0 Å². The van der Waals surface area contributed by atoms with Crippen LogP contribution in [0.3, 0.4) is 0 Å². The Morgan fingerprint density at radius 2 is 1.81 bits per heavy atom. The summed E-state index contributed by atoms with van der Waals surface area (Å²) in [7, 11) is -3.96. The molecule has 21 heavy (non-hydrogen) atoms. The number of rotatable bonds is 3. The van der Waals surface area contributed by atoms with Gasteiger partial charge >= 0.3 is 0 Å². The first-order valence-electron chi connectivity index (χ1n) is 5.81. The van der Waals surface area contributed by atoms with Crippen LogP contribution >= 0.6 is 31.9 Å². The van der Waals surface area contributed by atoms with Crippen molar-refractivity contribution in [1.82, 2.24) is 10.0 Å². The van der Waals surface area contributed by atoms with Crippen LogP contribution in [-0.2, 0) is 19.6 Å². The number of sulfonamides is 1. The van der Waals surface area contributed by atoms with Crippen LogP contribution in [0.2, 0.25) is 0 Å². The molecule has 1 aromatic carbocycles. The fourth-order valence-corrected chi connectivity index (χ4v) is 5.74. The molecule has 1 atom stereocenters. The van der Waals surface area contributed by atoms with Crippen molar-refractivity contribution in [2.75, 3.05) is 5.73 Å². The van der Waals surface area contributed by atoms with Crippen molar-refractivity contribution in [2.24, 2.45) is 0 Å². The van der Waals surface area contributed by atoms with Crippen LogP contribution in [-0.4, -0.2) is 26.3 Å². The molecule has 0 radical (unpaired) electrons. The summed E-state index contributed by atoms with van der Waals surface area (Å²) in [6, 6.07) is 1.91. The molecular formula is C11H11Br2N3O4S. The first kappa shape index (κ1) is 16.4. The van der Waals surface area contributed by atoms with E-state index in [0.717, 1.165) is 0 Å². The van der Waals surface area contributed by atoms with E-state index in [4.69, 9.17) is 5.73 Å². The molecule has 1 aliphatic rings. The number of anilines is 1. The third-order valence-corrected chi connectivity index (χ3v) is 6.17. The third-order valence-electron chi connectivity index (χ3n) is 2.83. The second kappa shape index (κ2) is 6.03. The summed E-state index contributed by atoms with van der Waals surface area (Å²) in [4.78, 5) is 22.6. The lowest BCUT2D eigenvalue weighted by Gasteiger charge is -2.22. The lowest BCUT2D eigenvalue weighted by atomic mass is 10.1. The highest BCUT2D eigenvalue weighted by Crippen LogP contribution is 2.32. The van der Waals surface area contributed by atoms with Gasteiger partial charge in [-0.05, 0) is 50.4 Å². The van der Waals surface area contributed by atoms with Gasteiger partial charge in [-0.1, -0.05) is 0 Å². The molecule has 0 bridgehead atoms. The highest BCUT2D eigenvalue weighted by Gasteiger charge is 2.32. The molecule has 1 heterocycles. The number of benzene rings is 1. The molecule has 0 saturated carbocycles. The summed E-state index contributed by atoms with van der Waals surface area (Å²) in [5, 5.41) is 2.09. The van der Waals surface area contributed by atoms with Crippen LogP contribution in [0.25, 0.3) is 0 Å². The van der Waals surface area contributed by atoms with Crippen molar-refractivity contribution in [3.8, 4) is 0 Å². The molecule has 1 unspecified atom stereocenters. The predicted octanol–water partition coefficient (Wildman–Crippen LogP) is 0.877. The summed E-state index contributed by atoms with van der Waals surface area (Å²) in [6.07, 6.45) is 0.205. The zero-order valence-electron chi connectivity index (χ0n) is 10.5. The molecule has 1 fully saturated rings. The number of imide groups is 1. The molecule has 10 heteroatoms. The second-order valence-corrected chi connectivity index (χ2v) is 7.80. The maximum atomic E-state index is 12.4. The Balaban J connectivity index is 2.31. The minimum absolute atomic E-state index is 0.0543. The number of hydrogen-bond donors (Lipinski definition) is 3. The van der Waals surface area contributed by atoms with E-state index >= 15 is 0 Å². The average molecular weight is 441 g/mol. The molecule has 1 saturated heterocycles. The standard InChI is InChI=1S/C11H11Br2N3O4S/c12-6-3-5(14)4-7(13)10(6)21(19,20)16-8-1-2-9(17)15-11(8)18/h3-4,8,16H,1-2,14H2,(H,15,17,18). The summed E-state index contributed by atoms with van der Waals surface area (Å²) < 4.78 is 27.6. The Morgan fingerprint density at radius 1 is 1.24 bits per heavy atom. The van der Waals surface area contributed by atoms with Gasteiger partial charge < -0.3 is 5.73 Å². The van der Waals surface area contributed by atoms with Gasteiger partial charge in [0.2, 0.25) is 21.8 Å². The second-order valence-electron chi connectivity index (χ2n) is 4.44. The zero-order chi connectivity index (χ0) is 15.8. The maximum absolute atomic E-state index is 12.4. The summed E-state index contributed by atoms with van der Waals surface area (Å²) in [6.45, 7) is 0.